The van der Waals surface area contributed by atoms with Gasteiger partial charge in [0.15, 0.2) is 0 Å². The number of carbonyl (C=O) groups is 1. The molecule has 3 nitrogen and oxygen atoms in total. The largest absolute Gasteiger partial charge is 0.273 e. The topological polar surface area (TPSA) is 41.5 Å². The predicted octanol–water partition coefficient (Wildman–Crippen LogP) is 5.98. The second-order valence-corrected chi connectivity index (χ2v) is 6.63. The van der Waals surface area contributed by atoms with Crippen LogP contribution in [0.25, 0.3) is 0 Å². The normalized spacial score (nSPS) is 11.1. The van der Waals surface area contributed by atoms with Crippen LogP contribution in [0.2, 0.25) is 0 Å². The van der Waals surface area contributed by atoms with Crippen LogP contribution >= 0.6 is 0 Å². The first-order chi connectivity index (χ1) is 12.2. The fraction of sp³-hybridized carbons (Fsp3) is 0.619. The highest BCUT2D eigenvalue weighted by molar-refractivity contribution is 5.82. The number of nitrogens with zero attached hydrogens (tertiary/aromatic N) is 1. The van der Waals surface area contributed by atoms with E-state index in [0.717, 1.165) is 12.8 Å². The molecule has 1 N–H and O–H groups in total. The Morgan fingerprint density at radius 2 is 1.60 bits per heavy atom. The first-order valence-corrected chi connectivity index (χ1v) is 9.80. The highest BCUT2D eigenvalue weighted by Gasteiger charge is 1.99. The van der Waals surface area contributed by atoms with Gasteiger partial charge in [0.25, 0.3) is 0 Å². The molecule has 0 saturated carbocycles. The van der Waals surface area contributed by atoms with Crippen molar-refractivity contribution in [2.24, 2.45) is 5.10 Å². The van der Waals surface area contributed by atoms with Gasteiger partial charge in [-0.2, -0.15) is 5.10 Å². The summed E-state index contributed by atoms with van der Waals surface area (Å²) in [6, 6.07) is 6.11. The molecule has 140 valence electrons. The summed E-state index contributed by atoms with van der Waals surface area (Å²) in [5, 5.41) is 3.86. The van der Waals surface area contributed by atoms with Crippen LogP contribution < -0.4 is 5.43 Å². The van der Waals surface area contributed by atoms with Crippen molar-refractivity contribution in [3.05, 3.63) is 35.6 Å². The summed E-state index contributed by atoms with van der Waals surface area (Å²) >= 11 is 0. The van der Waals surface area contributed by atoms with E-state index in [1.807, 2.05) is 0 Å². The van der Waals surface area contributed by atoms with Crippen molar-refractivity contribution in [1.82, 2.24) is 5.43 Å². The van der Waals surface area contributed by atoms with E-state index >= 15 is 0 Å². The Morgan fingerprint density at radius 1 is 1.00 bits per heavy atom. The minimum atomic E-state index is -0.309. The minimum absolute atomic E-state index is 0.0800. The van der Waals surface area contributed by atoms with Gasteiger partial charge in [-0.05, 0) is 24.1 Å². The minimum Gasteiger partial charge on any atom is -0.273 e. The highest BCUT2D eigenvalue weighted by Crippen LogP contribution is 2.11. The molecule has 0 aliphatic rings. The summed E-state index contributed by atoms with van der Waals surface area (Å²) in [4.78, 5) is 11.7. The number of unbranched alkanes of at least 4 members (excludes halogenated alkanes) is 10. The van der Waals surface area contributed by atoms with Crippen molar-refractivity contribution in [2.45, 2.75) is 84.0 Å². The van der Waals surface area contributed by atoms with E-state index in [9.17, 15) is 9.18 Å². The van der Waals surface area contributed by atoms with Gasteiger partial charge in [-0.15, -0.1) is 0 Å². The van der Waals surface area contributed by atoms with Crippen molar-refractivity contribution < 1.29 is 9.18 Å². The van der Waals surface area contributed by atoms with Crippen molar-refractivity contribution in [3.63, 3.8) is 0 Å². The van der Waals surface area contributed by atoms with E-state index in [2.05, 4.69) is 17.5 Å². The third-order valence-electron chi connectivity index (χ3n) is 4.26. The highest BCUT2D eigenvalue weighted by atomic mass is 19.1. The zero-order valence-electron chi connectivity index (χ0n) is 15.6. The van der Waals surface area contributed by atoms with E-state index in [1.54, 1.807) is 12.1 Å². The zero-order valence-corrected chi connectivity index (χ0v) is 15.6. The first-order valence-electron chi connectivity index (χ1n) is 9.80. The molecular formula is C21H33FN2O. The van der Waals surface area contributed by atoms with Crippen molar-refractivity contribution in [2.75, 3.05) is 0 Å². The van der Waals surface area contributed by atoms with Gasteiger partial charge in [0.05, 0.1) is 6.21 Å². The van der Waals surface area contributed by atoms with Crippen LogP contribution in [0.15, 0.2) is 29.4 Å². The SMILES string of the molecule is CCCCCCCCCCCCCC(=O)N/N=C\c1cccc(F)c1. The van der Waals surface area contributed by atoms with E-state index < -0.39 is 0 Å². The molecule has 0 atom stereocenters. The van der Waals surface area contributed by atoms with E-state index in [0.29, 0.717) is 12.0 Å². The molecule has 0 radical (unpaired) electrons. The molecule has 0 saturated heterocycles. The molecule has 0 fully saturated rings. The predicted molar refractivity (Wildman–Crippen MR) is 103 cm³/mol. The van der Waals surface area contributed by atoms with Crippen molar-refractivity contribution in [1.29, 1.82) is 0 Å². The summed E-state index contributed by atoms with van der Waals surface area (Å²) in [5.74, 6) is -0.389. The maximum atomic E-state index is 13.0. The summed E-state index contributed by atoms with van der Waals surface area (Å²) in [7, 11) is 0. The Bertz CT molecular complexity index is 502. The lowest BCUT2D eigenvalue weighted by Crippen LogP contribution is -2.16. The molecule has 1 aromatic rings. The standard InChI is InChI=1S/C21H33FN2O/c1-2-3-4-5-6-7-8-9-10-11-12-16-21(25)24-23-18-19-14-13-15-20(22)17-19/h13-15,17-18H,2-12,16H2,1H3,(H,24,25)/b23-18-. The molecule has 0 spiro atoms. The Balaban J connectivity index is 1.93. The number of nitrogens with one attached hydrogen (secondary N) is 1. The molecule has 4 heteroatoms. The smallest absolute Gasteiger partial charge is 0.240 e. The summed E-state index contributed by atoms with van der Waals surface area (Å²) in [5.41, 5.74) is 3.13. The number of hydrazone groups is 1. The number of rotatable bonds is 14. The molecule has 0 aliphatic heterocycles. The lowest BCUT2D eigenvalue weighted by atomic mass is 10.1. The van der Waals surface area contributed by atoms with Crippen LogP contribution in [0.4, 0.5) is 4.39 Å². The Labute approximate surface area is 152 Å². The molecular weight excluding hydrogens is 315 g/mol. The fourth-order valence-electron chi connectivity index (χ4n) is 2.77. The number of hydrogen-bond donors (Lipinski definition) is 1. The number of halogens is 1. The lowest BCUT2D eigenvalue weighted by molar-refractivity contribution is -0.121. The number of hydrogen-bond acceptors (Lipinski definition) is 2. The third kappa shape index (κ3) is 12.3. The van der Waals surface area contributed by atoms with Gasteiger partial charge in [-0.1, -0.05) is 83.3 Å². The second-order valence-electron chi connectivity index (χ2n) is 6.63. The van der Waals surface area contributed by atoms with Gasteiger partial charge in [0.1, 0.15) is 5.82 Å². The Hall–Kier alpha value is -1.71. The van der Waals surface area contributed by atoms with Crippen LogP contribution in [0, 0.1) is 5.82 Å². The van der Waals surface area contributed by atoms with Crippen molar-refractivity contribution in [3.8, 4) is 0 Å². The van der Waals surface area contributed by atoms with Crippen LogP contribution in [-0.2, 0) is 4.79 Å². The lowest BCUT2D eigenvalue weighted by Gasteiger charge is -2.02. The molecule has 1 aromatic carbocycles. The van der Waals surface area contributed by atoms with E-state index in [4.69, 9.17) is 0 Å². The second kappa shape index (κ2) is 14.6. The summed E-state index contributed by atoms with van der Waals surface area (Å²) < 4.78 is 13.0. The summed E-state index contributed by atoms with van der Waals surface area (Å²) in [6.45, 7) is 2.25. The third-order valence-corrected chi connectivity index (χ3v) is 4.26. The number of amides is 1. The average Bonchev–Trinajstić information content (AvgIpc) is 2.60. The van der Waals surface area contributed by atoms with Gasteiger partial charge < -0.3 is 0 Å². The number of carbonyl (C=O) groups excluding carboxylic acids is 1. The molecule has 0 unspecified atom stereocenters. The zero-order chi connectivity index (χ0) is 18.2. The first kappa shape index (κ1) is 21.3. The van der Waals surface area contributed by atoms with Gasteiger partial charge >= 0.3 is 0 Å². The fourth-order valence-corrected chi connectivity index (χ4v) is 2.77. The van der Waals surface area contributed by atoms with Gasteiger partial charge in [-0.3, -0.25) is 4.79 Å². The van der Waals surface area contributed by atoms with Crippen LogP contribution in [0.1, 0.15) is 89.5 Å². The van der Waals surface area contributed by atoms with E-state index in [-0.39, 0.29) is 11.7 Å². The number of benzene rings is 1. The molecule has 0 heterocycles. The molecule has 1 amide bonds. The molecule has 25 heavy (non-hydrogen) atoms. The van der Waals surface area contributed by atoms with E-state index in [1.165, 1.54) is 76.1 Å². The molecule has 0 bridgehead atoms. The van der Waals surface area contributed by atoms with Gasteiger partial charge in [-0.25, -0.2) is 9.82 Å². The quantitative estimate of drug-likeness (QED) is 0.251. The Morgan fingerprint density at radius 3 is 2.20 bits per heavy atom. The Kier molecular flexibility index (Phi) is 12.5. The molecule has 0 aromatic heterocycles. The average molecular weight is 349 g/mol. The molecule has 1 rings (SSSR count). The van der Waals surface area contributed by atoms with Gasteiger partial charge in [0, 0.05) is 6.42 Å². The van der Waals surface area contributed by atoms with Gasteiger partial charge in [0.2, 0.25) is 5.91 Å². The monoisotopic (exact) mass is 348 g/mol. The van der Waals surface area contributed by atoms with Crippen LogP contribution in [0.3, 0.4) is 0 Å². The maximum absolute atomic E-state index is 13.0. The maximum Gasteiger partial charge on any atom is 0.240 e. The molecule has 0 aliphatic carbocycles. The summed E-state index contributed by atoms with van der Waals surface area (Å²) in [6.07, 6.45) is 15.9. The van der Waals surface area contributed by atoms with Crippen LogP contribution in [0.5, 0.6) is 0 Å². The van der Waals surface area contributed by atoms with Crippen LogP contribution in [-0.4, -0.2) is 12.1 Å². The van der Waals surface area contributed by atoms with Crippen molar-refractivity contribution >= 4 is 12.1 Å².